The molecule has 0 saturated carbocycles. The van der Waals surface area contributed by atoms with Crippen molar-refractivity contribution >= 4 is 16.9 Å². The van der Waals surface area contributed by atoms with E-state index in [1.54, 1.807) is 6.92 Å². The lowest BCUT2D eigenvalue weighted by Gasteiger charge is -2.11. The summed E-state index contributed by atoms with van der Waals surface area (Å²) in [6.45, 7) is 1.81. The van der Waals surface area contributed by atoms with Gasteiger partial charge in [-0.05, 0) is 30.7 Å². The summed E-state index contributed by atoms with van der Waals surface area (Å²) in [6.07, 6.45) is -4.30. The van der Waals surface area contributed by atoms with Crippen molar-refractivity contribution in [1.29, 1.82) is 0 Å². The first-order valence-corrected chi connectivity index (χ1v) is 5.73. The fraction of sp³-hybridized carbons (Fsp3) is 0.231. The van der Waals surface area contributed by atoms with E-state index in [0.29, 0.717) is 17.6 Å². The number of hydrogen-bond donors (Lipinski definition) is 1. The van der Waals surface area contributed by atoms with E-state index in [2.05, 4.69) is 9.72 Å². The third-order valence-electron chi connectivity index (χ3n) is 2.66. The molecule has 1 aromatic carbocycles. The van der Waals surface area contributed by atoms with Crippen LogP contribution in [0.25, 0.3) is 10.9 Å². The van der Waals surface area contributed by atoms with Gasteiger partial charge in [-0.25, -0.2) is 4.79 Å². The van der Waals surface area contributed by atoms with Crippen LogP contribution in [0.1, 0.15) is 23.0 Å². The topological polar surface area (TPSA) is 59.4 Å². The molecule has 0 aliphatic rings. The van der Waals surface area contributed by atoms with Gasteiger partial charge in [-0.15, -0.1) is 13.2 Å². The maximum Gasteiger partial charge on any atom is 0.573 e. The van der Waals surface area contributed by atoms with Crippen LogP contribution in [-0.4, -0.2) is 22.4 Å². The molecule has 0 fully saturated rings. The van der Waals surface area contributed by atoms with Crippen LogP contribution >= 0.6 is 0 Å². The molecule has 0 atom stereocenters. The van der Waals surface area contributed by atoms with Gasteiger partial charge in [-0.1, -0.05) is 6.92 Å². The number of benzene rings is 1. The number of pyridine rings is 1. The largest absolute Gasteiger partial charge is 0.573 e. The Bertz CT molecular complexity index is 668. The van der Waals surface area contributed by atoms with Crippen LogP contribution in [0.15, 0.2) is 24.3 Å². The second-order valence-electron chi connectivity index (χ2n) is 4.05. The summed E-state index contributed by atoms with van der Waals surface area (Å²) in [4.78, 5) is 15.4. The third-order valence-corrected chi connectivity index (χ3v) is 2.66. The minimum absolute atomic E-state index is 0.0977. The highest BCUT2D eigenvalue weighted by Gasteiger charge is 2.31. The van der Waals surface area contributed by atoms with E-state index in [4.69, 9.17) is 5.11 Å². The Kier molecular flexibility index (Phi) is 3.52. The number of hydrogen-bond acceptors (Lipinski definition) is 3. The molecule has 0 unspecified atom stereocenters. The van der Waals surface area contributed by atoms with Gasteiger partial charge in [0.1, 0.15) is 5.75 Å². The fourth-order valence-electron chi connectivity index (χ4n) is 1.81. The van der Waals surface area contributed by atoms with Crippen molar-refractivity contribution in [2.45, 2.75) is 19.7 Å². The quantitative estimate of drug-likeness (QED) is 0.939. The number of fused-ring (bicyclic) bond motifs is 1. The maximum absolute atomic E-state index is 12.2. The van der Waals surface area contributed by atoms with Crippen LogP contribution in [0.3, 0.4) is 0 Å². The minimum Gasteiger partial charge on any atom is -0.478 e. The SMILES string of the molecule is CCc1cc(C(=O)O)c2cc(OC(F)(F)F)ccc2n1. The number of carbonyl (C=O) groups is 1. The minimum atomic E-state index is -4.83. The molecular formula is C13H10F3NO3. The first-order chi connectivity index (χ1) is 9.30. The summed E-state index contributed by atoms with van der Waals surface area (Å²) < 4.78 is 40.3. The van der Waals surface area contributed by atoms with Gasteiger partial charge in [0.25, 0.3) is 0 Å². The number of carboxylic acids is 1. The molecule has 0 bridgehead atoms. The smallest absolute Gasteiger partial charge is 0.478 e. The second-order valence-corrected chi connectivity index (χ2v) is 4.05. The van der Waals surface area contributed by atoms with Gasteiger partial charge in [-0.2, -0.15) is 0 Å². The number of rotatable bonds is 3. The molecule has 1 N–H and O–H groups in total. The van der Waals surface area contributed by atoms with E-state index in [0.717, 1.165) is 12.1 Å². The van der Waals surface area contributed by atoms with E-state index < -0.39 is 18.1 Å². The second kappa shape index (κ2) is 4.99. The number of nitrogens with zero attached hydrogens (tertiary/aromatic N) is 1. The standard InChI is InChI=1S/C13H10F3NO3/c1-2-7-5-10(12(18)19)9-6-8(20-13(14,15)16)3-4-11(9)17-7/h3-6H,2H2,1H3,(H,18,19). The summed E-state index contributed by atoms with van der Waals surface area (Å²) in [5, 5.41) is 9.24. The zero-order valence-corrected chi connectivity index (χ0v) is 10.4. The molecule has 4 nitrogen and oxygen atoms in total. The van der Waals surface area contributed by atoms with Crippen molar-refractivity contribution in [2.24, 2.45) is 0 Å². The molecule has 2 aromatic rings. The Labute approximate surface area is 111 Å². The molecule has 1 aromatic heterocycles. The summed E-state index contributed by atoms with van der Waals surface area (Å²) in [6, 6.07) is 4.79. The summed E-state index contributed by atoms with van der Waals surface area (Å²) >= 11 is 0. The molecule has 0 saturated heterocycles. The normalized spacial score (nSPS) is 11.6. The predicted molar refractivity (Wildman–Crippen MR) is 64.8 cm³/mol. The van der Waals surface area contributed by atoms with Crippen molar-refractivity contribution in [3.8, 4) is 5.75 Å². The van der Waals surface area contributed by atoms with Crippen molar-refractivity contribution in [3.63, 3.8) is 0 Å². The lowest BCUT2D eigenvalue weighted by molar-refractivity contribution is -0.274. The number of halogens is 3. The van der Waals surface area contributed by atoms with Crippen LogP contribution in [-0.2, 0) is 6.42 Å². The summed E-state index contributed by atoms with van der Waals surface area (Å²) in [7, 11) is 0. The highest BCUT2D eigenvalue weighted by atomic mass is 19.4. The average molecular weight is 285 g/mol. The number of alkyl halides is 3. The number of ether oxygens (including phenoxy) is 1. The van der Waals surface area contributed by atoms with E-state index in [9.17, 15) is 18.0 Å². The van der Waals surface area contributed by atoms with Gasteiger partial charge in [0.05, 0.1) is 11.1 Å². The average Bonchev–Trinajstić information content (AvgIpc) is 2.35. The van der Waals surface area contributed by atoms with Gasteiger partial charge < -0.3 is 9.84 Å². The Morgan fingerprint density at radius 1 is 1.35 bits per heavy atom. The Balaban J connectivity index is 2.61. The van der Waals surface area contributed by atoms with Crippen molar-refractivity contribution in [3.05, 3.63) is 35.5 Å². The predicted octanol–water partition coefficient (Wildman–Crippen LogP) is 3.39. The van der Waals surface area contributed by atoms with Crippen molar-refractivity contribution in [2.75, 3.05) is 0 Å². The molecule has 2 rings (SSSR count). The van der Waals surface area contributed by atoms with E-state index in [-0.39, 0.29) is 10.9 Å². The van der Waals surface area contributed by atoms with Crippen LogP contribution in [0, 0.1) is 0 Å². The highest BCUT2D eigenvalue weighted by Crippen LogP contribution is 2.28. The first-order valence-electron chi connectivity index (χ1n) is 5.73. The molecule has 20 heavy (non-hydrogen) atoms. The first kappa shape index (κ1) is 14.1. The maximum atomic E-state index is 12.2. The van der Waals surface area contributed by atoms with Gasteiger partial charge in [0, 0.05) is 11.1 Å². The molecular weight excluding hydrogens is 275 g/mol. The lowest BCUT2D eigenvalue weighted by atomic mass is 10.1. The number of aromatic carboxylic acids is 1. The Morgan fingerprint density at radius 3 is 2.60 bits per heavy atom. The zero-order valence-electron chi connectivity index (χ0n) is 10.4. The van der Waals surface area contributed by atoms with Gasteiger partial charge in [0.2, 0.25) is 0 Å². The van der Waals surface area contributed by atoms with E-state index in [1.165, 1.54) is 12.1 Å². The number of aromatic nitrogens is 1. The summed E-state index contributed by atoms with van der Waals surface area (Å²) in [5.41, 5.74) is 0.773. The molecule has 106 valence electrons. The summed E-state index contributed by atoms with van der Waals surface area (Å²) in [5.74, 6) is -1.70. The Hall–Kier alpha value is -2.31. The van der Waals surface area contributed by atoms with Gasteiger partial charge >= 0.3 is 12.3 Å². The lowest BCUT2D eigenvalue weighted by Crippen LogP contribution is -2.17. The molecule has 0 amide bonds. The fourth-order valence-corrected chi connectivity index (χ4v) is 1.81. The zero-order chi connectivity index (χ0) is 14.9. The van der Waals surface area contributed by atoms with Crippen LogP contribution in [0.2, 0.25) is 0 Å². The van der Waals surface area contributed by atoms with Crippen molar-refractivity contribution in [1.82, 2.24) is 4.98 Å². The molecule has 0 aliphatic carbocycles. The number of carboxylic acid groups (broad SMARTS) is 1. The van der Waals surface area contributed by atoms with E-state index in [1.807, 2.05) is 0 Å². The van der Waals surface area contributed by atoms with Crippen LogP contribution in [0.5, 0.6) is 5.75 Å². The van der Waals surface area contributed by atoms with Gasteiger partial charge in [0.15, 0.2) is 0 Å². The van der Waals surface area contributed by atoms with Crippen molar-refractivity contribution < 1.29 is 27.8 Å². The van der Waals surface area contributed by atoms with Gasteiger partial charge in [-0.3, -0.25) is 4.98 Å². The molecule has 1 heterocycles. The molecule has 0 aliphatic heterocycles. The molecule has 0 radical (unpaired) electrons. The van der Waals surface area contributed by atoms with Crippen LogP contribution in [0.4, 0.5) is 13.2 Å². The number of aryl methyl sites for hydroxylation is 1. The van der Waals surface area contributed by atoms with Crippen LogP contribution < -0.4 is 4.74 Å². The van der Waals surface area contributed by atoms with E-state index >= 15 is 0 Å². The monoisotopic (exact) mass is 285 g/mol. The third kappa shape index (κ3) is 2.98. The highest BCUT2D eigenvalue weighted by molar-refractivity contribution is 6.03. The Morgan fingerprint density at radius 2 is 2.05 bits per heavy atom. The molecule has 7 heteroatoms. The molecule has 0 spiro atoms.